The van der Waals surface area contributed by atoms with Crippen molar-refractivity contribution in [3.63, 3.8) is 0 Å². The molecule has 9 heteroatoms. The zero-order valence-electron chi connectivity index (χ0n) is 10.1. The van der Waals surface area contributed by atoms with Crippen LogP contribution < -0.4 is 10.9 Å². The van der Waals surface area contributed by atoms with Crippen molar-refractivity contribution in [2.45, 2.75) is 12.6 Å². The van der Waals surface area contributed by atoms with Crippen LogP contribution >= 0.6 is 11.3 Å². The average molecular weight is 297 g/mol. The van der Waals surface area contributed by atoms with Gasteiger partial charge in [-0.1, -0.05) is 0 Å². The lowest BCUT2D eigenvalue weighted by Gasteiger charge is -2.12. The predicted octanol–water partition coefficient (Wildman–Crippen LogP) is -0.980. The summed E-state index contributed by atoms with van der Waals surface area (Å²) in [4.78, 5) is 38.9. The fourth-order valence-corrected chi connectivity index (χ4v) is 2.31. The van der Waals surface area contributed by atoms with Gasteiger partial charge in [0.15, 0.2) is 0 Å². The largest absolute Gasteiger partial charge is 0.480 e. The lowest BCUT2D eigenvalue weighted by molar-refractivity contribution is -0.143. The molecule has 0 saturated heterocycles. The first-order chi connectivity index (χ1) is 9.52. The normalized spacial score (nSPS) is 12.2. The van der Waals surface area contributed by atoms with Gasteiger partial charge in [-0.3, -0.25) is 14.2 Å². The van der Waals surface area contributed by atoms with Gasteiger partial charge in [0.1, 0.15) is 17.4 Å². The van der Waals surface area contributed by atoms with Crippen LogP contribution in [0.5, 0.6) is 0 Å². The molecule has 0 aromatic carbocycles. The highest BCUT2D eigenvalue weighted by Gasteiger charge is 2.19. The van der Waals surface area contributed by atoms with Gasteiger partial charge in [-0.15, -0.1) is 11.3 Å². The first-order valence-corrected chi connectivity index (χ1v) is 6.46. The standard InChI is InChI=1S/C11H11N3O5S/c15-4-7(11(18)19)13-8(16)3-14-5-12-9-6(10(14)17)1-2-20-9/h1-2,5,7,15H,3-4H2,(H,13,16)(H,18,19)/t7-/m1/s1. The minimum atomic E-state index is -1.39. The van der Waals surface area contributed by atoms with Gasteiger partial charge < -0.3 is 15.5 Å². The molecule has 0 aliphatic heterocycles. The van der Waals surface area contributed by atoms with Crippen LogP contribution in [0.3, 0.4) is 0 Å². The Morgan fingerprint density at radius 1 is 1.50 bits per heavy atom. The molecule has 0 radical (unpaired) electrons. The topological polar surface area (TPSA) is 122 Å². The fourth-order valence-electron chi connectivity index (χ4n) is 1.59. The maximum absolute atomic E-state index is 12.0. The SMILES string of the molecule is O=C(Cn1cnc2sccc2c1=O)N[C@H](CO)C(=O)O. The Hall–Kier alpha value is -2.26. The zero-order valence-corrected chi connectivity index (χ0v) is 11.0. The van der Waals surface area contributed by atoms with Gasteiger partial charge in [0.25, 0.3) is 5.56 Å². The van der Waals surface area contributed by atoms with E-state index in [-0.39, 0.29) is 12.1 Å². The lowest BCUT2D eigenvalue weighted by Crippen LogP contribution is -2.45. The number of thiophene rings is 1. The highest BCUT2D eigenvalue weighted by atomic mass is 32.1. The summed E-state index contributed by atoms with van der Waals surface area (Å²) in [5.74, 6) is -2.04. The Morgan fingerprint density at radius 3 is 2.90 bits per heavy atom. The third-order valence-corrected chi connectivity index (χ3v) is 3.40. The van der Waals surface area contributed by atoms with Crippen LogP contribution in [0.2, 0.25) is 0 Å². The number of carboxylic acids is 1. The van der Waals surface area contributed by atoms with Gasteiger partial charge >= 0.3 is 5.97 Å². The number of carbonyl (C=O) groups is 2. The molecule has 2 aromatic rings. The fraction of sp³-hybridized carbons (Fsp3) is 0.273. The Balaban J connectivity index is 2.15. The van der Waals surface area contributed by atoms with Crippen molar-refractivity contribution in [2.24, 2.45) is 0 Å². The van der Waals surface area contributed by atoms with Crippen molar-refractivity contribution in [2.75, 3.05) is 6.61 Å². The van der Waals surface area contributed by atoms with Crippen LogP contribution in [0.4, 0.5) is 0 Å². The molecule has 3 N–H and O–H groups in total. The van der Waals surface area contributed by atoms with Gasteiger partial charge in [-0.05, 0) is 11.4 Å². The number of aromatic nitrogens is 2. The van der Waals surface area contributed by atoms with Crippen molar-refractivity contribution in [1.82, 2.24) is 14.9 Å². The Morgan fingerprint density at radius 2 is 2.25 bits per heavy atom. The van der Waals surface area contributed by atoms with E-state index in [4.69, 9.17) is 10.2 Å². The molecule has 1 amide bonds. The molecule has 0 bridgehead atoms. The van der Waals surface area contributed by atoms with Crippen LogP contribution in [0, 0.1) is 0 Å². The predicted molar refractivity (Wildman–Crippen MR) is 70.5 cm³/mol. The number of nitrogens with zero attached hydrogens (tertiary/aromatic N) is 2. The van der Waals surface area contributed by atoms with Gasteiger partial charge in [-0.25, -0.2) is 9.78 Å². The number of carbonyl (C=O) groups excluding carboxylic acids is 1. The molecule has 2 heterocycles. The van der Waals surface area contributed by atoms with E-state index in [2.05, 4.69) is 10.3 Å². The zero-order chi connectivity index (χ0) is 14.7. The first kappa shape index (κ1) is 14.2. The molecule has 1 atom stereocenters. The second-order valence-electron chi connectivity index (χ2n) is 3.96. The molecule has 2 aromatic heterocycles. The molecule has 2 rings (SSSR count). The molecule has 106 valence electrons. The summed E-state index contributed by atoms with van der Waals surface area (Å²) < 4.78 is 1.08. The number of nitrogens with one attached hydrogen (secondary N) is 1. The quantitative estimate of drug-likeness (QED) is 0.652. The monoisotopic (exact) mass is 297 g/mol. The molecule has 0 spiro atoms. The van der Waals surface area contributed by atoms with E-state index in [1.807, 2.05) is 0 Å². The number of hydrogen-bond acceptors (Lipinski definition) is 6. The summed E-state index contributed by atoms with van der Waals surface area (Å²) in [6, 6.07) is 0.216. The van der Waals surface area contributed by atoms with Crippen molar-refractivity contribution in [3.8, 4) is 0 Å². The highest BCUT2D eigenvalue weighted by molar-refractivity contribution is 7.16. The molecule has 0 aliphatic carbocycles. The van der Waals surface area contributed by atoms with Crippen molar-refractivity contribution in [3.05, 3.63) is 28.1 Å². The van der Waals surface area contributed by atoms with Crippen LogP contribution in [0.25, 0.3) is 10.2 Å². The van der Waals surface area contributed by atoms with Gasteiger partial charge in [0.2, 0.25) is 5.91 Å². The number of aliphatic hydroxyl groups is 1. The van der Waals surface area contributed by atoms with E-state index >= 15 is 0 Å². The van der Waals surface area contributed by atoms with Crippen LogP contribution in [-0.2, 0) is 16.1 Å². The van der Waals surface area contributed by atoms with Crippen LogP contribution in [0.1, 0.15) is 0 Å². The number of hydrogen-bond donors (Lipinski definition) is 3. The molecule has 0 aliphatic rings. The second kappa shape index (κ2) is 5.80. The molecule has 0 saturated carbocycles. The summed E-state index contributed by atoms with van der Waals surface area (Å²) in [7, 11) is 0. The van der Waals surface area contributed by atoms with Crippen LogP contribution in [0.15, 0.2) is 22.6 Å². The molecule has 0 unspecified atom stereocenters. The number of aliphatic hydroxyl groups excluding tert-OH is 1. The molecule has 0 fully saturated rings. The summed E-state index contributed by atoms with van der Waals surface area (Å²) >= 11 is 1.31. The minimum absolute atomic E-state index is 0.360. The van der Waals surface area contributed by atoms with Crippen molar-refractivity contribution < 1.29 is 19.8 Å². The first-order valence-electron chi connectivity index (χ1n) is 5.58. The summed E-state index contributed by atoms with van der Waals surface area (Å²) in [5, 5.41) is 21.7. The average Bonchev–Trinajstić information content (AvgIpc) is 2.88. The van der Waals surface area contributed by atoms with Gasteiger partial charge in [-0.2, -0.15) is 0 Å². The van der Waals surface area contributed by atoms with E-state index in [1.165, 1.54) is 17.7 Å². The third kappa shape index (κ3) is 2.83. The number of rotatable bonds is 5. The van der Waals surface area contributed by atoms with Crippen molar-refractivity contribution in [1.29, 1.82) is 0 Å². The number of fused-ring (bicyclic) bond motifs is 1. The summed E-state index contributed by atoms with van der Waals surface area (Å²) in [6.45, 7) is -1.08. The second-order valence-corrected chi connectivity index (χ2v) is 4.85. The Bertz CT molecular complexity index is 707. The Labute approximate surface area is 116 Å². The van der Waals surface area contributed by atoms with Crippen LogP contribution in [-0.4, -0.2) is 44.3 Å². The molecule has 20 heavy (non-hydrogen) atoms. The number of amides is 1. The van der Waals surface area contributed by atoms with E-state index in [1.54, 1.807) is 11.4 Å². The highest BCUT2D eigenvalue weighted by Crippen LogP contribution is 2.13. The van der Waals surface area contributed by atoms with Gasteiger partial charge in [0, 0.05) is 0 Å². The minimum Gasteiger partial charge on any atom is -0.480 e. The summed E-state index contributed by atoms with van der Waals surface area (Å²) in [5.41, 5.74) is -0.373. The molecule has 8 nitrogen and oxygen atoms in total. The van der Waals surface area contributed by atoms with E-state index in [0.717, 1.165) is 4.57 Å². The number of aliphatic carboxylic acids is 1. The van der Waals surface area contributed by atoms with E-state index in [0.29, 0.717) is 10.2 Å². The molecular weight excluding hydrogens is 286 g/mol. The smallest absolute Gasteiger partial charge is 0.328 e. The summed E-state index contributed by atoms with van der Waals surface area (Å²) in [6.07, 6.45) is 1.23. The maximum Gasteiger partial charge on any atom is 0.328 e. The van der Waals surface area contributed by atoms with E-state index < -0.39 is 24.5 Å². The van der Waals surface area contributed by atoms with Gasteiger partial charge in [0.05, 0.1) is 18.3 Å². The van der Waals surface area contributed by atoms with Crippen molar-refractivity contribution >= 4 is 33.4 Å². The Kier molecular flexibility index (Phi) is 4.11. The number of carboxylic acid groups (broad SMARTS) is 1. The maximum atomic E-state index is 12.0. The van der Waals surface area contributed by atoms with E-state index in [9.17, 15) is 14.4 Å². The molecular formula is C11H11N3O5S. The lowest BCUT2D eigenvalue weighted by atomic mass is 10.3. The third-order valence-electron chi connectivity index (χ3n) is 2.58.